The van der Waals surface area contributed by atoms with E-state index < -0.39 is 0 Å². The third-order valence-corrected chi connectivity index (χ3v) is 4.30. The van der Waals surface area contributed by atoms with Gasteiger partial charge in [0.25, 0.3) is 5.91 Å². The Morgan fingerprint density at radius 2 is 2.18 bits per heavy atom. The SMILES string of the molecule is CC(C)N(CCBr)C(=O)c1ccc(I)c(Cl)c1. The van der Waals surface area contributed by atoms with Crippen molar-refractivity contribution < 1.29 is 4.79 Å². The van der Waals surface area contributed by atoms with Crippen LogP contribution in [0.1, 0.15) is 24.2 Å². The van der Waals surface area contributed by atoms with Crippen LogP contribution in [0.3, 0.4) is 0 Å². The summed E-state index contributed by atoms with van der Waals surface area (Å²) in [5, 5.41) is 1.40. The number of halogens is 3. The minimum atomic E-state index is 0.0257. The predicted molar refractivity (Wildman–Crippen MR) is 84.1 cm³/mol. The monoisotopic (exact) mass is 429 g/mol. The molecule has 0 N–H and O–H groups in total. The highest BCUT2D eigenvalue weighted by atomic mass is 127. The Labute approximate surface area is 129 Å². The van der Waals surface area contributed by atoms with E-state index in [1.807, 2.05) is 30.9 Å². The van der Waals surface area contributed by atoms with Crippen molar-refractivity contribution in [3.63, 3.8) is 0 Å². The summed E-state index contributed by atoms with van der Waals surface area (Å²) in [6.07, 6.45) is 0. The first kappa shape index (κ1) is 15.2. The smallest absolute Gasteiger partial charge is 0.254 e. The molecule has 0 aliphatic carbocycles. The molecular formula is C12H14BrClINO. The molecule has 0 fully saturated rings. The first-order chi connectivity index (χ1) is 7.97. The highest BCUT2D eigenvalue weighted by Crippen LogP contribution is 2.21. The van der Waals surface area contributed by atoms with Crippen LogP contribution in [0.4, 0.5) is 0 Å². The second-order valence-electron chi connectivity index (χ2n) is 3.91. The van der Waals surface area contributed by atoms with E-state index in [2.05, 4.69) is 38.5 Å². The van der Waals surface area contributed by atoms with E-state index in [-0.39, 0.29) is 11.9 Å². The Morgan fingerprint density at radius 1 is 1.53 bits per heavy atom. The summed E-state index contributed by atoms with van der Waals surface area (Å²) in [5.41, 5.74) is 0.644. The number of carbonyl (C=O) groups excluding carboxylic acids is 1. The molecule has 5 heteroatoms. The number of amides is 1. The zero-order valence-corrected chi connectivity index (χ0v) is 14.2. The Hall–Kier alpha value is 0.190. The van der Waals surface area contributed by atoms with Crippen LogP contribution in [0.2, 0.25) is 5.02 Å². The second kappa shape index (κ2) is 6.95. The molecule has 1 aromatic rings. The molecule has 0 saturated carbocycles. The molecule has 0 unspecified atom stereocenters. The van der Waals surface area contributed by atoms with Crippen molar-refractivity contribution in [2.24, 2.45) is 0 Å². The normalized spacial score (nSPS) is 10.7. The Bertz CT molecular complexity index is 411. The molecule has 1 rings (SSSR count). The third-order valence-electron chi connectivity index (χ3n) is 2.38. The van der Waals surface area contributed by atoms with Gasteiger partial charge in [0.2, 0.25) is 0 Å². The topological polar surface area (TPSA) is 20.3 Å². The number of benzene rings is 1. The molecule has 0 bridgehead atoms. The van der Waals surface area contributed by atoms with Crippen LogP contribution in [-0.2, 0) is 0 Å². The predicted octanol–water partition coefficient (Wildman–Crippen LogP) is 4.19. The summed E-state index contributed by atoms with van der Waals surface area (Å²) in [6, 6.07) is 5.59. The van der Waals surface area contributed by atoms with E-state index >= 15 is 0 Å². The first-order valence-electron chi connectivity index (χ1n) is 5.29. The largest absolute Gasteiger partial charge is 0.335 e. The zero-order valence-electron chi connectivity index (χ0n) is 9.71. The molecule has 0 aliphatic rings. The third kappa shape index (κ3) is 4.10. The van der Waals surface area contributed by atoms with Crippen LogP contribution >= 0.6 is 50.1 Å². The maximum Gasteiger partial charge on any atom is 0.254 e. The lowest BCUT2D eigenvalue weighted by Crippen LogP contribution is -2.38. The molecule has 0 atom stereocenters. The maximum absolute atomic E-state index is 12.3. The molecular weight excluding hydrogens is 416 g/mol. The summed E-state index contributed by atoms with van der Waals surface area (Å²) in [5.74, 6) is 0.0257. The molecule has 0 saturated heterocycles. The standard InChI is InChI=1S/C12H14BrClINO/c1-8(2)16(6-5-13)12(17)9-3-4-11(15)10(14)7-9/h3-4,7-8H,5-6H2,1-2H3. The molecule has 1 aromatic carbocycles. The average molecular weight is 431 g/mol. The van der Waals surface area contributed by atoms with Crippen LogP contribution in [0.15, 0.2) is 18.2 Å². The molecule has 0 aromatic heterocycles. The van der Waals surface area contributed by atoms with Crippen molar-refractivity contribution >= 4 is 56.0 Å². The maximum atomic E-state index is 12.3. The Morgan fingerprint density at radius 3 is 2.65 bits per heavy atom. The van der Waals surface area contributed by atoms with Crippen LogP contribution in [-0.4, -0.2) is 28.7 Å². The number of carbonyl (C=O) groups is 1. The van der Waals surface area contributed by atoms with Gasteiger partial charge in [-0.2, -0.15) is 0 Å². The lowest BCUT2D eigenvalue weighted by molar-refractivity contribution is 0.0719. The van der Waals surface area contributed by atoms with E-state index in [1.165, 1.54) is 0 Å². The fraction of sp³-hybridized carbons (Fsp3) is 0.417. The minimum absolute atomic E-state index is 0.0257. The number of alkyl halides is 1. The van der Waals surface area contributed by atoms with E-state index in [0.717, 1.165) is 8.90 Å². The van der Waals surface area contributed by atoms with Crippen molar-refractivity contribution in [1.29, 1.82) is 0 Å². The van der Waals surface area contributed by atoms with Crippen molar-refractivity contribution in [2.45, 2.75) is 19.9 Å². The molecule has 0 spiro atoms. The van der Waals surface area contributed by atoms with Gasteiger partial charge in [-0.05, 0) is 54.6 Å². The Balaban J connectivity index is 2.97. The quantitative estimate of drug-likeness (QED) is 0.518. The summed E-state index contributed by atoms with van der Waals surface area (Å²) in [7, 11) is 0. The van der Waals surface area contributed by atoms with Gasteiger partial charge in [0, 0.05) is 27.1 Å². The summed E-state index contributed by atoms with van der Waals surface area (Å²) in [6.45, 7) is 4.71. The van der Waals surface area contributed by atoms with Crippen LogP contribution in [0.25, 0.3) is 0 Å². The van der Waals surface area contributed by atoms with Gasteiger partial charge in [-0.3, -0.25) is 4.79 Å². The fourth-order valence-electron chi connectivity index (χ4n) is 1.48. The molecule has 0 heterocycles. The summed E-state index contributed by atoms with van der Waals surface area (Å²) >= 11 is 11.5. The highest BCUT2D eigenvalue weighted by molar-refractivity contribution is 14.1. The van der Waals surface area contributed by atoms with Crippen molar-refractivity contribution in [1.82, 2.24) is 4.90 Å². The lowest BCUT2D eigenvalue weighted by atomic mass is 10.1. The van der Waals surface area contributed by atoms with E-state index in [4.69, 9.17) is 11.6 Å². The van der Waals surface area contributed by atoms with Gasteiger partial charge in [-0.25, -0.2) is 0 Å². The van der Waals surface area contributed by atoms with Gasteiger partial charge in [-0.1, -0.05) is 27.5 Å². The van der Waals surface area contributed by atoms with Crippen molar-refractivity contribution in [2.75, 3.05) is 11.9 Å². The van der Waals surface area contributed by atoms with Gasteiger partial charge in [0.1, 0.15) is 0 Å². The lowest BCUT2D eigenvalue weighted by Gasteiger charge is -2.26. The van der Waals surface area contributed by atoms with Gasteiger partial charge in [-0.15, -0.1) is 0 Å². The summed E-state index contributed by atoms with van der Waals surface area (Å²) in [4.78, 5) is 14.1. The molecule has 17 heavy (non-hydrogen) atoms. The van der Waals surface area contributed by atoms with Crippen molar-refractivity contribution in [3.8, 4) is 0 Å². The number of rotatable bonds is 4. The van der Waals surface area contributed by atoms with E-state index in [9.17, 15) is 4.79 Å². The van der Waals surface area contributed by atoms with Gasteiger partial charge < -0.3 is 4.90 Å². The minimum Gasteiger partial charge on any atom is -0.335 e. The van der Waals surface area contributed by atoms with E-state index in [1.54, 1.807) is 6.07 Å². The average Bonchev–Trinajstić information content (AvgIpc) is 2.28. The van der Waals surface area contributed by atoms with Crippen molar-refractivity contribution in [3.05, 3.63) is 32.4 Å². The van der Waals surface area contributed by atoms with Gasteiger partial charge in [0.05, 0.1) is 5.02 Å². The van der Waals surface area contributed by atoms with Crippen LogP contribution < -0.4 is 0 Å². The van der Waals surface area contributed by atoms with Crippen LogP contribution in [0.5, 0.6) is 0 Å². The molecule has 0 radical (unpaired) electrons. The highest BCUT2D eigenvalue weighted by Gasteiger charge is 2.18. The zero-order chi connectivity index (χ0) is 13.0. The Kier molecular flexibility index (Phi) is 6.23. The summed E-state index contributed by atoms with van der Waals surface area (Å²) < 4.78 is 0.956. The molecule has 1 amide bonds. The van der Waals surface area contributed by atoms with Crippen LogP contribution in [0, 0.1) is 3.57 Å². The fourth-order valence-corrected chi connectivity index (χ4v) is 2.38. The van der Waals surface area contributed by atoms with E-state index in [0.29, 0.717) is 17.1 Å². The first-order valence-corrected chi connectivity index (χ1v) is 7.87. The molecule has 94 valence electrons. The second-order valence-corrected chi connectivity index (χ2v) is 6.27. The number of hydrogen-bond acceptors (Lipinski definition) is 1. The number of nitrogens with zero attached hydrogens (tertiary/aromatic N) is 1. The van der Waals surface area contributed by atoms with Gasteiger partial charge >= 0.3 is 0 Å². The number of hydrogen-bond donors (Lipinski definition) is 0. The molecule has 2 nitrogen and oxygen atoms in total. The van der Waals surface area contributed by atoms with Gasteiger partial charge in [0.15, 0.2) is 0 Å². The molecule has 0 aliphatic heterocycles.